The molecule has 3 radical (unpaired) electrons. The van der Waals surface area contributed by atoms with Gasteiger partial charge in [0.15, 0.2) is 18.1 Å². The zero-order valence-electron chi connectivity index (χ0n) is 21.6. The Balaban J connectivity index is 6.59. The van der Waals surface area contributed by atoms with Crippen LogP contribution in [0.25, 0.3) is 0 Å². The maximum Gasteiger partial charge on any atom is 0.721 e. The molecule has 0 saturated carbocycles. The van der Waals surface area contributed by atoms with Gasteiger partial charge in [-0.15, -0.1) is 12.0 Å². The highest BCUT2D eigenvalue weighted by Gasteiger charge is 2.68. The van der Waals surface area contributed by atoms with E-state index in [9.17, 15) is 0 Å². The molecule has 0 aliphatic carbocycles. The Kier molecular flexibility index (Phi) is 16.2. The van der Waals surface area contributed by atoms with Crippen molar-refractivity contribution in [3.8, 4) is 12.0 Å². The highest BCUT2D eigenvalue weighted by Crippen LogP contribution is 2.29. The average molecular weight is 636 g/mol. The molecule has 34 heavy (non-hydrogen) atoms. The Morgan fingerprint density at radius 3 is 1.26 bits per heavy atom. The summed E-state index contributed by atoms with van der Waals surface area (Å²) in [5.74, 6) is 0. The maximum atomic E-state index is 6.29. The zero-order chi connectivity index (χ0) is 26.6. The molecule has 12 nitrogen and oxygen atoms in total. The molecule has 0 fully saturated rings. The number of hydrogen-bond donors (Lipinski definition) is 0. The van der Waals surface area contributed by atoms with Crippen LogP contribution in [0.4, 0.5) is 0 Å². The van der Waals surface area contributed by atoms with E-state index in [1.54, 1.807) is 6.55 Å². The van der Waals surface area contributed by atoms with E-state index >= 15 is 0 Å². The van der Waals surface area contributed by atoms with Gasteiger partial charge >= 0.3 is 35.9 Å². The van der Waals surface area contributed by atoms with Crippen LogP contribution in [0.1, 0.15) is 0 Å². The van der Waals surface area contributed by atoms with Gasteiger partial charge in [0, 0.05) is 35.0 Å². The molecule has 2 atom stereocenters. The van der Waals surface area contributed by atoms with E-state index in [4.69, 9.17) is 62.6 Å². The van der Waals surface area contributed by atoms with Crippen molar-refractivity contribution in [3.05, 3.63) is 0 Å². The van der Waals surface area contributed by atoms with Gasteiger partial charge in [-0.05, 0) is 39.3 Å². The van der Waals surface area contributed by atoms with Crippen molar-refractivity contribution in [1.82, 2.24) is 0 Å². The van der Waals surface area contributed by atoms with Gasteiger partial charge in [0.05, 0.1) is 0 Å². The normalized spacial score (nSPS) is 16.1. The molecule has 0 spiro atoms. The van der Waals surface area contributed by atoms with E-state index in [0.29, 0.717) is 0 Å². The highest BCUT2D eigenvalue weighted by atomic mass is 28.6. The molecule has 0 aliphatic rings. The lowest BCUT2D eigenvalue weighted by atomic mass is 11.8. The predicted octanol–water partition coefficient (Wildman–Crippen LogP) is 0.750. The van der Waals surface area contributed by atoms with Gasteiger partial charge in [-0.1, -0.05) is 0 Å². The third-order valence-electron chi connectivity index (χ3n) is 3.29. The molecule has 0 rings (SSSR count). The molecule has 0 aliphatic heterocycles. The molecule has 2 unspecified atom stereocenters. The van der Waals surface area contributed by atoms with Crippen molar-refractivity contribution >= 4 is 81.5 Å². The summed E-state index contributed by atoms with van der Waals surface area (Å²) in [5.41, 5.74) is 0. The van der Waals surface area contributed by atoms with Gasteiger partial charge in [-0.25, -0.2) is 0 Å². The molecule has 0 N–H and O–H groups in total. The van der Waals surface area contributed by atoms with Gasteiger partial charge in [-0.3, -0.25) is 0 Å². The summed E-state index contributed by atoms with van der Waals surface area (Å²) < 4.78 is 70.8. The minimum atomic E-state index is -4.23. The van der Waals surface area contributed by atoms with Gasteiger partial charge in [0.2, 0.25) is 27.4 Å². The fourth-order valence-corrected chi connectivity index (χ4v) is 23.9. The first-order chi connectivity index (χ1) is 15.7. The van der Waals surface area contributed by atoms with E-state index in [0.717, 1.165) is 0 Å². The van der Waals surface area contributed by atoms with Crippen LogP contribution >= 0.6 is 0 Å². The minimum Gasteiger partial charge on any atom is -0.517 e. The van der Waals surface area contributed by atoms with Crippen molar-refractivity contribution in [1.29, 1.82) is 0 Å². The number of rotatable bonds is 18. The molecule has 0 aromatic carbocycles. The Labute approximate surface area is 217 Å². The van der Waals surface area contributed by atoms with Gasteiger partial charge in [-0.2, -0.15) is 0 Å². The maximum absolute atomic E-state index is 6.29. The average Bonchev–Trinajstić information content (AvgIpc) is 2.71. The first-order valence-electron chi connectivity index (χ1n) is 9.79. The van der Waals surface area contributed by atoms with Crippen molar-refractivity contribution in [2.45, 2.75) is 45.8 Å². The van der Waals surface area contributed by atoms with Crippen LogP contribution in [0.15, 0.2) is 0 Å². The Bertz CT molecular complexity index is 681. The van der Waals surface area contributed by atoms with Crippen LogP contribution < -0.4 is 0 Å². The molecule has 0 aromatic rings. The summed E-state index contributed by atoms with van der Waals surface area (Å²) in [6, 6.07) is 11.5. The van der Waals surface area contributed by atoms with E-state index < -0.39 is 81.5 Å². The smallest absolute Gasteiger partial charge is 0.517 e. The van der Waals surface area contributed by atoms with Gasteiger partial charge < -0.3 is 50.6 Å². The van der Waals surface area contributed by atoms with Crippen molar-refractivity contribution in [3.63, 3.8) is 0 Å². The molecule has 0 aromatic heterocycles. The van der Waals surface area contributed by atoms with Gasteiger partial charge in [0.1, 0.15) is 0 Å². The highest BCUT2D eigenvalue weighted by molar-refractivity contribution is 6.84. The fourth-order valence-electron chi connectivity index (χ4n) is 2.31. The lowest BCUT2D eigenvalue weighted by molar-refractivity contribution is -0.00946. The summed E-state index contributed by atoms with van der Waals surface area (Å²) in [7, 11) is -15.0. The largest absolute Gasteiger partial charge is 0.721 e. The molecule has 195 valence electrons. The quantitative estimate of drug-likeness (QED) is 0.198. The summed E-state index contributed by atoms with van der Waals surface area (Å²) >= 11 is 0. The second-order valence-corrected chi connectivity index (χ2v) is 25.8. The first-order valence-corrected chi connectivity index (χ1v) is 26.1. The van der Waals surface area contributed by atoms with Crippen molar-refractivity contribution < 1.29 is 50.6 Å². The summed E-state index contributed by atoms with van der Waals surface area (Å²) in [6.07, 6.45) is 0. The fraction of sp³-hybridized carbons (Fsp3) is 0.846. The van der Waals surface area contributed by atoms with Gasteiger partial charge in [0.25, 0.3) is 0 Å². The standard InChI is InChI=1S/C13H35O12Si9/c1-14-32(15-2,21-29(9)10)24-34(19-27-6,22-30(11)12)25-33(16-3,17-4)23-31(13,18-26-5)20-28(7)8/h5-6H,1-4,7-13H3. The third kappa shape index (κ3) is 11.4. The lowest BCUT2D eigenvalue weighted by Gasteiger charge is -2.40. The lowest BCUT2D eigenvalue weighted by Crippen LogP contribution is -2.70. The van der Waals surface area contributed by atoms with E-state index in [2.05, 4.69) is 0 Å². The third-order valence-corrected chi connectivity index (χ3v) is 23.6. The second kappa shape index (κ2) is 15.8. The Morgan fingerprint density at radius 1 is 0.529 bits per heavy atom. The molecular formula is C13H35O12Si9. The molecular weight excluding hydrogens is 601 g/mol. The molecule has 0 bridgehead atoms. The minimum absolute atomic E-state index is 0.392. The van der Waals surface area contributed by atoms with Crippen LogP contribution in [0.5, 0.6) is 0 Å². The van der Waals surface area contributed by atoms with E-state index in [-0.39, 0.29) is 0 Å². The number of hydrogen-bond acceptors (Lipinski definition) is 12. The molecule has 0 heterocycles. The van der Waals surface area contributed by atoms with E-state index in [1.807, 2.05) is 39.3 Å². The Morgan fingerprint density at radius 2 is 0.912 bits per heavy atom. The van der Waals surface area contributed by atoms with Crippen LogP contribution in [0.3, 0.4) is 0 Å². The summed E-state index contributed by atoms with van der Waals surface area (Å²) in [5, 5.41) is 0. The topological polar surface area (TPSA) is 111 Å². The second-order valence-electron chi connectivity index (χ2n) is 6.96. The molecule has 0 amide bonds. The first kappa shape index (κ1) is 34.7. The summed E-state index contributed by atoms with van der Waals surface area (Å²) in [4.78, 5) is 0. The molecule has 0 saturated heterocycles. The van der Waals surface area contributed by atoms with Crippen molar-refractivity contribution in [2.24, 2.45) is 0 Å². The molecule has 21 heteroatoms. The predicted molar refractivity (Wildman–Crippen MR) is 139 cm³/mol. The SMILES string of the molecule is C#[Si]O[Si](C)(O[Si](C)C)O[Si](OC)(OC)O[Si](O[Si]#C)(O[Si](C)C)O[Si](OC)(OC)O[Si](C)C. The van der Waals surface area contributed by atoms with Crippen LogP contribution in [0, 0.1) is 12.0 Å². The van der Waals surface area contributed by atoms with Crippen molar-refractivity contribution in [2.75, 3.05) is 28.4 Å². The van der Waals surface area contributed by atoms with Crippen LogP contribution in [-0.4, -0.2) is 110 Å². The van der Waals surface area contributed by atoms with E-state index in [1.165, 1.54) is 28.4 Å². The summed E-state index contributed by atoms with van der Waals surface area (Å²) in [6.45, 7) is 13.1. The zero-order valence-corrected chi connectivity index (χ0v) is 30.6. The monoisotopic (exact) mass is 635 g/mol. The van der Waals surface area contributed by atoms with Crippen LogP contribution in [0.2, 0.25) is 45.8 Å². The van der Waals surface area contributed by atoms with Crippen LogP contribution in [-0.2, 0) is 50.6 Å². The Hall–Kier alpha value is 0.712.